The topological polar surface area (TPSA) is 84.5 Å². The first-order valence-electron chi connectivity index (χ1n) is 15.3. The van der Waals surface area contributed by atoms with Gasteiger partial charge < -0.3 is 39.0 Å². The molecule has 3 aromatic rings. The van der Waals surface area contributed by atoms with E-state index in [4.69, 9.17) is 28.9 Å². The van der Waals surface area contributed by atoms with E-state index in [-0.39, 0.29) is 12.9 Å². The number of aromatic nitrogens is 2. The van der Waals surface area contributed by atoms with Gasteiger partial charge in [0.1, 0.15) is 18.2 Å². The first kappa shape index (κ1) is 27.6. The molecule has 2 aromatic carbocycles. The molecular weight excluding hydrogens is 532 g/mol. The molecule has 4 aliphatic rings. The minimum Gasteiger partial charge on any atom is -0.467 e. The monoisotopic (exact) mass is 574 g/mol. The molecule has 1 aromatic heterocycles. The maximum atomic E-state index is 6.36. The summed E-state index contributed by atoms with van der Waals surface area (Å²) in [6.45, 7) is 5.28. The van der Waals surface area contributed by atoms with E-state index in [1.54, 1.807) is 7.11 Å². The molecule has 0 aliphatic carbocycles. The van der Waals surface area contributed by atoms with Crippen LogP contribution in [-0.4, -0.2) is 99.9 Å². The molecule has 2 bridgehead atoms. The molecule has 3 fully saturated rings. The van der Waals surface area contributed by atoms with Crippen molar-refractivity contribution in [1.82, 2.24) is 20.2 Å². The normalized spacial score (nSPS) is 25.7. The molecule has 10 heteroatoms. The van der Waals surface area contributed by atoms with Crippen LogP contribution >= 0.6 is 0 Å². The van der Waals surface area contributed by atoms with Crippen molar-refractivity contribution in [2.75, 3.05) is 70.6 Å². The summed E-state index contributed by atoms with van der Waals surface area (Å²) >= 11 is 0. The average molecular weight is 575 g/mol. The predicted molar refractivity (Wildman–Crippen MR) is 163 cm³/mol. The Morgan fingerprint density at radius 2 is 1.93 bits per heavy atom. The number of anilines is 2. The van der Waals surface area contributed by atoms with Crippen molar-refractivity contribution in [2.45, 2.75) is 56.5 Å². The number of nitrogens with zero attached hydrogens (tertiary/aromatic N) is 5. The lowest BCUT2D eigenvalue weighted by molar-refractivity contribution is 0.0512. The molecule has 224 valence electrons. The molecule has 0 radical (unpaired) electrons. The largest absolute Gasteiger partial charge is 0.467 e. The molecule has 1 N–H and O–H groups in total. The van der Waals surface area contributed by atoms with Crippen LogP contribution in [0.1, 0.15) is 30.5 Å². The lowest BCUT2D eigenvalue weighted by Crippen LogP contribution is -2.53. The lowest BCUT2D eigenvalue weighted by atomic mass is 10.0. The minimum atomic E-state index is 0.213. The fourth-order valence-corrected chi connectivity index (χ4v) is 7.25. The fraction of sp³-hybridized carbons (Fsp3) is 0.562. The molecular formula is C32H42N6O4. The van der Waals surface area contributed by atoms with Crippen LogP contribution < -0.4 is 24.6 Å². The van der Waals surface area contributed by atoms with Crippen molar-refractivity contribution in [3.05, 3.63) is 47.7 Å². The van der Waals surface area contributed by atoms with Gasteiger partial charge in [-0.1, -0.05) is 24.3 Å². The van der Waals surface area contributed by atoms with Gasteiger partial charge in [-0.2, -0.15) is 9.97 Å². The molecule has 4 aliphatic heterocycles. The van der Waals surface area contributed by atoms with Crippen LogP contribution in [0.15, 0.2) is 36.4 Å². The molecule has 0 saturated carbocycles. The van der Waals surface area contributed by atoms with Crippen molar-refractivity contribution in [3.8, 4) is 11.8 Å². The number of likely N-dealkylation sites (tertiary alicyclic amines) is 1. The zero-order valence-electron chi connectivity index (χ0n) is 24.9. The number of fused-ring (bicyclic) bond motifs is 4. The van der Waals surface area contributed by atoms with Crippen LogP contribution in [-0.2, 0) is 22.4 Å². The Labute approximate surface area is 247 Å². The number of rotatable bonds is 9. The lowest BCUT2D eigenvalue weighted by Gasteiger charge is -2.38. The van der Waals surface area contributed by atoms with Gasteiger partial charge in [0.2, 0.25) is 0 Å². The third-order valence-electron chi connectivity index (χ3n) is 9.47. The van der Waals surface area contributed by atoms with Gasteiger partial charge in [-0.3, -0.25) is 0 Å². The number of ether oxygens (including phenoxy) is 4. The van der Waals surface area contributed by atoms with Gasteiger partial charge in [-0.25, -0.2) is 0 Å². The fourth-order valence-electron chi connectivity index (χ4n) is 7.25. The Kier molecular flexibility index (Phi) is 7.79. The van der Waals surface area contributed by atoms with E-state index in [0.29, 0.717) is 37.3 Å². The Bertz CT molecular complexity index is 1420. The Morgan fingerprint density at radius 3 is 2.76 bits per heavy atom. The van der Waals surface area contributed by atoms with Gasteiger partial charge in [0.05, 0.1) is 24.4 Å². The van der Waals surface area contributed by atoms with Gasteiger partial charge in [0, 0.05) is 68.6 Å². The molecule has 0 amide bonds. The SMILES string of the molecule is COCOc1cc(N2CCc3c(nc(OC[C@@H]4CCCN4C)nc3N3C[C@H]4C[C@@H](OC)[C@@H](C3)N4)C2)c2ccccc2c1. The second-order valence-electron chi connectivity index (χ2n) is 12.1. The van der Waals surface area contributed by atoms with Crippen LogP contribution in [0, 0.1) is 0 Å². The number of piperazine rings is 1. The summed E-state index contributed by atoms with van der Waals surface area (Å²) in [7, 11) is 5.64. The van der Waals surface area contributed by atoms with Crippen LogP contribution in [0.4, 0.5) is 11.5 Å². The van der Waals surface area contributed by atoms with Crippen LogP contribution in [0.5, 0.6) is 11.8 Å². The van der Waals surface area contributed by atoms with Gasteiger partial charge in [0.15, 0.2) is 6.79 Å². The summed E-state index contributed by atoms with van der Waals surface area (Å²) in [6.07, 6.45) is 4.49. The van der Waals surface area contributed by atoms with Crippen molar-refractivity contribution in [3.63, 3.8) is 0 Å². The second-order valence-corrected chi connectivity index (χ2v) is 12.1. The van der Waals surface area contributed by atoms with E-state index in [1.165, 1.54) is 17.4 Å². The predicted octanol–water partition coefficient (Wildman–Crippen LogP) is 3.21. The number of benzene rings is 2. The molecule has 10 nitrogen and oxygen atoms in total. The Morgan fingerprint density at radius 1 is 1.02 bits per heavy atom. The summed E-state index contributed by atoms with van der Waals surface area (Å²) in [4.78, 5) is 17.4. The quantitative estimate of drug-likeness (QED) is 0.385. The van der Waals surface area contributed by atoms with E-state index < -0.39 is 0 Å². The highest BCUT2D eigenvalue weighted by atomic mass is 16.7. The van der Waals surface area contributed by atoms with Crippen molar-refractivity contribution in [1.29, 1.82) is 0 Å². The van der Waals surface area contributed by atoms with E-state index >= 15 is 0 Å². The molecule has 7 rings (SSSR count). The number of hydrogen-bond donors (Lipinski definition) is 1. The van der Waals surface area contributed by atoms with Crippen LogP contribution in [0.2, 0.25) is 0 Å². The zero-order valence-corrected chi connectivity index (χ0v) is 24.9. The summed E-state index contributed by atoms with van der Waals surface area (Å²) in [5.41, 5.74) is 3.42. The van der Waals surface area contributed by atoms with Gasteiger partial charge in [-0.15, -0.1) is 0 Å². The first-order chi connectivity index (χ1) is 20.6. The minimum absolute atomic E-state index is 0.213. The third kappa shape index (κ3) is 5.37. The summed E-state index contributed by atoms with van der Waals surface area (Å²) in [6, 6.07) is 14.3. The summed E-state index contributed by atoms with van der Waals surface area (Å²) in [5.74, 6) is 1.83. The smallest absolute Gasteiger partial charge is 0.318 e. The average Bonchev–Trinajstić information content (AvgIpc) is 3.57. The highest BCUT2D eigenvalue weighted by Gasteiger charge is 2.41. The van der Waals surface area contributed by atoms with Crippen LogP contribution in [0.3, 0.4) is 0 Å². The molecule has 3 saturated heterocycles. The van der Waals surface area contributed by atoms with E-state index in [0.717, 1.165) is 73.8 Å². The van der Waals surface area contributed by atoms with Gasteiger partial charge in [0.25, 0.3) is 0 Å². The Balaban J connectivity index is 1.22. The van der Waals surface area contributed by atoms with Gasteiger partial charge >= 0.3 is 6.01 Å². The molecule has 4 atom stereocenters. The number of hydrogen-bond acceptors (Lipinski definition) is 10. The zero-order chi connectivity index (χ0) is 28.6. The van der Waals surface area contributed by atoms with Crippen molar-refractivity contribution < 1.29 is 18.9 Å². The summed E-state index contributed by atoms with van der Waals surface area (Å²) < 4.78 is 23.2. The molecule has 0 spiro atoms. The van der Waals surface area contributed by atoms with Gasteiger partial charge in [-0.05, 0) is 50.7 Å². The van der Waals surface area contributed by atoms with E-state index in [1.807, 2.05) is 7.11 Å². The van der Waals surface area contributed by atoms with Crippen LogP contribution in [0.25, 0.3) is 10.8 Å². The second kappa shape index (κ2) is 11.8. The van der Waals surface area contributed by atoms with Crippen molar-refractivity contribution >= 4 is 22.3 Å². The van der Waals surface area contributed by atoms with E-state index in [2.05, 4.69) is 63.5 Å². The third-order valence-corrected chi connectivity index (χ3v) is 9.47. The number of likely N-dealkylation sites (N-methyl/N-ethyl adjacent to an activating group) is 1. The Hall–Kier alpha value is -3.18. The molecule has 5 heterocycles. The molecule has 0 unspecified atom stereocenters. The highest BCUT2D eigenvalue weighted by molar-refractivity contribution is 5.95. The maximum Gasteiger partial charge on any atom is 0.318 e. The molecule has 42 heavy (non-hydrogen) atoms. The standard InChI is InChI=1S/C32H42N6O4/c1-36-11-6-8-23(36)19-41-32-34-27-17-37(29-15-24(42-20-39-2)13-21-7-4-5-9-25(21)29)12-10-26(27)31(35-32)38-16-22-14-30(40-3)28(18-38)33-22/h4-5,7,9,13,15,22-23,28,30,33H,6,8,10-12,14,16-20H2,1-3H3/t22-,23+,28-,30-/m1/s1. The number of nitrogens with one attached hydrogen (secondary N) is 1. The first-order valence-corrected chi connectivity index (χ1v) is 15.3. The van der Waals surface area contributed by atoms with Crippen molar-refractivity contribution in [2.24, 2.45) is 0 Å². The van der Waals surface area contributed by atoms with E-state index in [9.17, 15) is 0 Å². The maximum absolute atomic E-state index is 6.36. The number of methoxy groups -OCH3 is 2. The highest BCUT2D eigenvalue weighted by Crippen LogP contribution is 2.38. The summed E-state index contributed by atoms with van der Waals surface area (Å²) in [5, 5.41) is 6.08.